The SMILES string of the molecule is C=C1NC(=S)N([C@H]2OC(OP(=O)(O)OP(=O)(O)OP(=O)(O)O)[C@H](O)C2(F)CF)C=C1F. The van der Waals surface area contributed by atoms with Crippen molar-refractivity contribution in [1.82, 2.24) is 10.2 Å². The lowest BCUT2D eigenvalue weighted by Crippen LogP contribution is -2.56. The van der Waals surface area contributed by atoms with Crippen LogP contribution in [0.25, 0.3) is 0 Å². The van der Waals surface area contributed by atoms with E-state index in [4.69, 9.17) is 31.6 Å². The summed E-state index contributed by atoms with van der Waals surface area (Å²) < 4.78 is 92.0. The van der Waals surface area contributed by atoms with Gasteiger partial charge in [-0.3, -0.25) is 9.42 Å². The van der Waals surface area contributed by atoms with Crippen LogP contribution < -0.4 is 5.32 Å². The Morgan fingerprint density at radius 2 is 1.84 bits per heavy atom. The minimum absolute atomic E-state index is 0.339. The molecule has 2 heterocycles. The summed E-state index contributed by atoms with van der Waals surface area (Å²) >= 11 is 4.82. The van der Waals surface area contributed by atoms with Crippen molar-refractivity contribution in [1.29, 1.82) is 0 Å². The molecule has 1 fully saturated rings. The Labute approximate surface area is 176 Å². The smallest absolute Gasteiger partial charge is 0.384 e. The Bertz CT molecular complexity index is 947. The Kier molecular flexibility index (Phi) is 7.63. The van der Waals surface area contributed by atoms with Gasteiger partial charge in [0.05, 0.1) is 5.70 Å². The molecule has 14 nitrogen and oxygen atoms in total. The largest absolute Gasteiger partial charge is 0.490 e. The van der Waals surface area contributed by atoms with E-state index in [1.165, 1.54) is 0 Å². The second-order valence-corrected chi connectivity index (χ2v) is 10.6. The fourth-order valence-corrected chi connectivity index (χ4v) is 5.69. The number of alkyl halides is 2. The van der Waals surface area contributed by atoms with Crippen LogP contribution in [0.1, 0.15) is 0 Å². The normalized spacial score (nSPS) is 33.5. The maximum absolute atomic E-state index is 15.1. The molecule has 0 spiro atoms. The van der Waals surface area contributed by atoms with E-state index in [1.54, 1.807) is 0 Å². The molecule has 6 atom stereocenters. The second kappa shape index (κ2) is 8.91. The van der Waals surface area contributed by atoms with Gasteiger partial charge in [-0.15, -0.1) is 0 Å². The fourth-order valence-electron chi connectivity index (χ4n) is 2.33. The zero-order chi connectivity index (χ0) is 24.0. The molecular formula is C10H14F3N2O12P3S. The number of nitrogens with zero attached hydrogens (tertiary/aromatic N) is 1. The second-order valence-electron chi connectivity index (χ2n) is 5.85. The molecule has 0 saturated carbocycles. The number of aliphatic hydroxyl groups is 1. The van der Waals surface area contributed by atoms with Gasteiger partial charge in [-0.2, -0.15) is 8.62 Å². The highest BCUT2D eigenvalue weighted by Crippen LogP contribution is 2.67. The molecule has 0 aromatic heterocycles. The lowest BCUT2D eigenvalue weighted by Gasteiger charge is -2.36. The molecule has 2 aliphatic rings. The van der Waals surface area contributed by atoms with Crippen LogP contribution in [0.4, 0.5) is 13.2 Å². The van der Waals surface area contributed by atoms with Gasteiger partial charge in [0, 0.05) is 6.20 Å². The standard InChI is InChI=1S/C10H14F3N2O12P3S/c1-4-5(12)2-15(9(31)14-4)8-10(13,3-11)6(16)7(24-8)25-29(20,21)27-30(22,23)26-28(17,18)19/h2,6-8,16H,1,3H2,(H,14,31)(H,20,21)(H,22,23)(H2,17,18,19)/t6-,7?,8-,10?/m0/s1. The summed E-state index contributed by atoms with van der Waals surface area (Å²) in [4.78, 5) is 36.0. The monoisotopic (exact) mass is 536 g/mol. The molecule has 21 heteroatoms. The van der Waals surface area contributed by atoms with Gasteiger partial charge in [-0.25, -0.2) is 26.9 Å². The van der Waals surface area contributed by atoms with Crippen molar-refractivity contribution in [3.8, 4) is 0 Å². The third kappa shape index (κ3) is 6.21. The first kappa shape index (κ1) is 26.5. The van der Waals surface area contributed by atoms with Gasteiger partial charge in [0.1, 0.15) is 12.8 Å². The summed E-state index contributed by atoms with van der Waals surface area (Å²) in [5.41, 5.74) is -3.79. The summed E-state index contributed by atoms with van der Waals surface area (Å²) in [5, 5.41) is 11.7. The van der Waals surface area contributed by atoms with Crippen LogP contribution in [0, 0.1) is 0 Å². The lowest BCUT2D eigenvalue weighted by molar-refractivity contribution is -0.136. The van der Waals surface area contributed by atoms with Crippen molar-refractivity contribution >= 4 is 40.8 Å². The molecule has 0 aromatic carbocycles. The molecule has 0 aliphatic carbocycles. The molecular weight excluding hydrogens is 522 g/mol. The van der Waals surface area contributed by atoms with Crippen LogP contribution >= 0.6 is 35.7 Å². The summed E-state index contributed by atoms with van der Waals surface area (Å²) in [5.74, 6) is -1.09. The van der Waals surface area contributed by atoms with Crippen molar-refractivity contribution < 1.29 is 69.4 Å². The average molecular weight is 536 g/mol. The Hall–Kier alpha value is -0.710. The zero-order valence-electron chi connectivity index (χ0n) is 14.6. The molecule has 1 saturated heterocycles. The number of thiocarbonyl (C=S) groups is 1. The van der Waals surface area contributed by atoms with Crippen LogP contribution in [0.2, 0.25) is 0 Å². The molecule has 0 amide bonds. The predicted molar refractivity (Wildman–Crippen MR) is 95.3 cm³/mol. The van der Waals surface area contributed by atoms with Gasteiger partial charge in [0.15, 0.2) is 17.2 Å². The van der Waals surface area contributed by atoms with Gasteiger partial charge in [0.2, 0.25) is 12.0 Å². The van der Waals surface area contributed by atoms with E-state index in [0.717, 1.165) is 0 Å². The summed E-state index contributed by atoms with van der Waals surface area (Å²) in [7, 11) is -17.5. The molecule has 2 aliphatic heterocycles. The molecule has 0 bridgehead atoms. The van der Waals surface area contributed by atoms with Crippen molar-refractivity contribution in [2.24, 2.45) is 0 Å². The number of ether oxygens (including phenoxy) is 1. The van der Waals surface area contributed by atoms with E-state index < -0.39 is 65.4 Å². The van der Waals surface area contributed by atoms with Gasteiger partial charge in [-0.05, 0) is 12.2 Å². The quantitative estimate of drug-likeness (QED) is 0.185. The number of phosphoric ester groups is 1. The molecule has 0 radical (unpaired) electrons. The molecule has 31 heavy (non-hydrogen) atoms. The highest BCUT2D eigenvalue weighted by Gasteiger charge is 2.62. The number of rotatable bonds is 8. The predicted octanol–water partition coefficient (Wildman–Crippen LogP) is 0.565. The minimum Gasteiger partial charge on any atom is -0.384 e. The molecule has 0 aromatic rings. The van der Waals surface area contributed by atoms with Gasteiger partial charge >= 0.3 is 23.5 Å². The topological polar surface area (TPSA) is 205 Å². The maximum Gasteiger partial charge on any atom is 0.490 e. The van der Waals surface area contributed by atoms with Crippen LogP contribution in [-0.2, 0) is 31.6 Å². The highest BCUT2D eigenvalue weighted by atomic mass is 32.1. The summed E-state index contributed by atoms with van der Waals surface area (Å²) in [6.07, 6.45) is -7.06. The minimum atomic E-state index is -5.93. The van der Waals surface area contributed by atoms with Crippen LogP contribution in [-0.4, -0.2) is 65.7 Å². The third-order valence-electron chi connectivity index (χ3n) is 3.57. The fraction of sp³-hybridized carbons (Fsp3) is 0.500. The van der Waals surface area contributed by atoms with Gasteiger partial charge in [-0.1, -0.05) is 6.58 Å². The first-order chi connectivity index (χ1) is 13.9. The molecule has 2 rings (SSSR count). The molecule has 6 N–H and O–H groups in total. The third-order valence-corrected chi connectivity index (χ3v) is 7.68. The van der Waals surface area contributed by atoms with Crippen molar-refractivity contribution in [3.05, 3.63) is 24.3 Å². The Morgan fingerprint density at radius 1 is 1.26 bits per heavy atom. The Balaban J connectivity index is 2.26. The number of halogens is 3. The number of aliphatic hydroxyl groups excluding tert-OH is 1. The van der Waals surface area contributed by atoms with E-state index in [1.807, 2.05) is 0 Å². The molecule has 178 valence electrons. The number of hydrogen-bond donors (Lipinski definition) is 6. The summed E-state index contributed by atoms with van der Waals surface area (Å²) in [6, 6.07) is 0. The Morgan fingerprint density at radius 3 is 2.35 bits per heavy atom. The maximum atomic E-state index is 15.1. The lowest BCUT2D eigenvalue weighted by atomic mass is 10.00. The van der Waals surface area contributed by atoms with Crippen molar-refractivity contribution in [3.63, 3.8) is 0 Å². The number of hydrogen-bond acceptors (Lipinski definition) is 9. The van der Waals surface area contributed by atoms with Crippen molar-refractivity contribution in [2.45, 2.75) is 24.3 Å². The average Bonchev–Trinajstić information content (AvgIpc) is 2.79. The van der Waals surface area contributed by atoms with Crippen LogP contribution in [0.5, 0.6) is 0 Å². The van der Waals surface area contributed by atoms with Crippen molar-refractivity contribution in [2.75, 3.05) is 6.67 Å². The highest BCUT2D eigenvalue weighted by molar-refractivity contribution is 7.80. The number of allylic oxidation sites excluding steroid dienone is 1. The van der Waals surface area contributed by atoms with E-state index >= 15 is 4.39 Å². The first-order valence-electron chi connectivity index (χ1n) is 7.47. The summed E-state index contributed by atoms with van der Waals surface area (Å²) in [6.45, 7) is 1.24. The van der Waals surface area contributed by atoms with Crippen LogP contribution in [0.3, 0.4) is 0 Å². The molecule has 4 unspecified atom stereocenters. The van der Waals surface area contributed by atoms with Gasteiger partial charge in [0.25, 0.3) is 0 Å². The van der Waals surface area contributed by atoms with E-state index in [-0.39, 0.29) is 5.70 Å². The van der Waals surface area contributed by atoms with E-state index in [0.29, 0.717) is 11.1 Å². The van der Waals surface area contributed by atoms with Gasteiger partial charge < -0.3 is 34.7 Å². The van der Waals surface area contributed by atoms with E-state index in [9.17, 15) is 32.5 Å². The number of phosphoric acid groups is 3. The van der Waals surface area contributed by atoms with E-state index in [2.05, 4.69) is 25.0 Å². The first-order valence-corrected chi connectivity index (χ1v) is 12.4. The number of nitrogens with one attached hydrogen (secondary N) is 1. The zero-order valence-corrected chi connectivity index (χ0v) is 18.1. The van der Waals surface area contributed by atoms with Crippen LogP contribution in [0.15, 0.2) is 24.3 Å².